The summed E-state index contributed by atoms with van der Waals surface area (Å²) in [5.74, 6) is -1.01. The fourth-order valence-electron chi connectivity index (χ4n) is 0.342. The summed E-state index contributed by atoms with van der Waals surface area (Å²) < 4.78 is 9.01. The Labute approximate surface area is 58.2 Å². The standard InChI is InChI=1S/C5H10O5/c6-4-10-2-1-9-3-5(7)8/h6H,1-4H2,(H,7,8). The van der Waals surface area contributed by atoms with E-state index in [4.69, 9.17) is 10.2 Å². The van der Waals surface area contributed by atoms with Gasteiger partial charge >= 0.3 is 5.97 Å². The highest BCUT2D eigenvalue weighted by molar-refractivity contribution is 5.67. The van der Waals surface area contributed by atoms with Crippen LogP contribution < -0.4 is 0 Å². The van der Waals surface area contributed by atoms with Gasteiger partial charge in [0.25, 0.3) is 0 Å². The van der Waals surface area contributed by atoms with Gasteiger partial charge in [-0.05, 0) is 0 Å². The average molecular weight is 150 g/mol. The highest BCUT2D eigenvalue weighted by atomic mass is 16.6. The smallest absolute Gasteiger partial charge is 0.329 e. The second kappa shape index (κ2) is 6.47. The third-order valence-electron chi connectivity index (χ3n) is 0.689. The predicted octanol–water partition coefficient (Wildman–Crippen LogP) is -0.946. The first-order chi connectivity index (χ1) is 4.77. The molecule has 0 unspecified atom stereocenters. The van der Waals surface area contributed by atoms with E-state index in [1.807, 2.05) is 0 Å². The van der Waals surface area contributed by atoms with Gasteiger partial charge in [-0.15, -0.1) is 0 Å². The predicted molar refractivity (Wildman–Crippen MR) is 31.5 cm³/mol. The van der Waals surface area contributed by atoms with Crippen molar-refractivity contribution < 1.29 is 24.5 Å². The Kier molecular flexibility index (Phi) is 6.05. The molecule has 0 amide bonds. The lowest BCUT2D eigenvalue weighted by Gasteiger charge is -1.99. The maximum atomic E-state index is 9.82. The van der Waals surface area contributed by atoms with Gasteiger partial charge in [-0.25, -0.2) is 4.79 Å². The van der Waals surface area contributed by atoms with E-state index in [9.17, 15) is 4.79 Å². The molecule has 0 bridgehead atoms. The Morgan fingerprint density at radius 2 is 1.90 bits per heavy atom. The number of carbonyl (C=O) groups is 1. The van der Waals surface area contributed by atoms with Gasteiger partial charge in [0.2, 0.25) is 0 Å². The second-order valence-electron chi connectivity index (χ2n) is 1.48. The molecule has 2 N–H and O–H groups in total. The van der Waals surface area contributed by atoms with Crippen molar-refractivity contribution in [3.63, 3.8) is 0 Å². The molecular weight excluding hydrogens is 140 g/mol. The van der Waals surface area contributed by atoms with Crippen LogP contribution in [0.1, 0.15) is 0 Å². The van der Waals surface area contributed by atoms with Crippen molar-refractivity contribution in [1.82, 2.24) is 0 Å². The zero-order chi connectivity index (χ0) is 7.82. The van der Waals surface area contributed by atoms with Crippen LogP contribution in [-0.4, -0.2) is 42.8 Å². The van der Waals surface area contributed by atoms with Crippen molar-refractivity contribution in [1.29, 1.82) is 0 Å². The maximum Gasteiger partial charge on any atom is 0.329 e. The minimum atomic E-state index is -1.01. The molecule has 5 nitrogen and oxygen atoms in total. The largest absolute Gasteiger partial charge is 0.480 e. The molecule has 0 atom stereocenters. The third kappa shape index (κ3) is 7.35. The van der Waals surface area contributed by atoms with Crippen LogP contribution in [0.25, 0.3) is 0 Å². The fraction of sp³-hybridized carbons (Fsp3) is 0.800. The molecule has 0 aromatic rings. The van der Waals surface area contributed by atoms with Crippen molar-refractivity contribution in [3.05, 3.63) is 0 Å². The van der Waals surface area contributed by atoms with E-state index in [0.717, 1.165) is 0 Å². The van der Waals surface area contributed by atoms with Crippen LogP contribution in [0.15, 0.2) is 0 Å². The lowest BCUT2D eigenvalue weighted by atomic mass is 10.7. The van der Waals surface area contributed by atoms with E-state index < -0.39 is 5.97 Å². The highest BCUT2D eigenvalue weighted by Gasteiger charge is 1.94. The van der Waals surface area contributed by atoms with Gasteiger partial charge in [0.1, 0.15) is 13.4 Å². The van der Waals surface area contributed by atoms with Crippen molar-refractivity contribution in [2.75, 3.05) is 26.6 Å². The Balaban J connectivity index is 2.84. The van der Waals surface area contributed by atoms with Gasteiger partial charge in [-0.2, -0.15) is 0 Å². The van der Waals surface area contributed by atoms with Crippen molar-refractivity contribution >= 4 is 5.97 Å². The Bertz CT molecular complexity index is 92.0. The SMILES string of the molecule is O=C(O)COCCOCO. The van der Waals surface area contributed by atoms with E-state index in [1.54, 1.807) is 0 Å². The number of ether oxygens (including phenoxy) is 2. The summed E-state index contributed by atoms with van der Waals surface area (Å²) in [5.41, 5.74) is 0. The minimum absolute atomic E-state index is 0.187. The molecular formula is C5H10O5. The van der Waals surface area contributed by atoms with E-state index in [-0.39, 0.29) is 26.6 Å². The van der Waals surface area contributed by atoms with Gasteiger partial charge in [0, 0.05) is 0 Å². The minimum Gasteiger partial charge on any atom is -0.480 e. The second-order valence-corrected chi connectivity index (χ2v) is 1.48. The van der Waals surface area contributed by atoms with Gasteiger partial charge in [0.15, 0.2) is 0 Å². The fourth-order valence-corrected chi connectivity index (χ4v) is 0.342. The van der Waals surface area contributed by atoms with Gasteiger partial charge < -0.3 is 19.7 Å². The van der Waals surface area contributed by atoms with E-state index in [0.29, 0.717) is 0 Å². The van der Waals surface area contributed by atoms with Crippen molar-refractivity contribution in [2.24, 2.45) is 0 Å². The van der Waals surface area contributed by atoms with Crippen LogP contribution in [0, 0.1) is 0 Å². The molecule has 0 aromatic heterocycles. The van der Waals surface area contributed by atoms with Crippen LogP contribution >= 0.6 is 0 Å². The highest BCUT2D eigenvalue weighted by Crippen LogP contribution is 1.76. The average Bonchev–Trinajstić information content (AvgIpc) is 1.87. The topological polar surface area (TPSA) is 76.0 Å². The molecule has 0 saturated heterocycles. The Morgan fingerprint density at radius 1 is 1.30 bits per heavy atom. The molecule has 0 fully saturated rings. The third-order valence-corrected chi connectivity index (χ3v) is 0.689. The first-order valence-corrected chi connectivity index (χ1v) is 2.75. The number of hydrogen-bond donors (Lipinski definition) is 2. The zero-order valence-electron chi connectivity index (χ0n) is 5.45. The Hall–Kier alpha value is -0.650. The lowest BCUT2D eigenvalue weighted by molar-refractivity contribution is -0.143. The number of aliphatic carboxylic acids is 1. The number of carboxylic acid groups (broad SMARTS) is 1. The number of aliphatic hydroxyl groups excluding tert-OH is 1. The quantitative estimate of drug-likeness (QED) is 0.377. The maximum absolute atomic E-state index is 9.82. The van der Waals surface area contributed by atoms with E-state index in [1.165, 1.54) is 0 Å². The zero-order valence-corrected chi connectivity index (χ0v) is 5.45. The summed E-state index contributed by atoms with van der Waals surface area (Å²) >= 11 is 0. The number of hydrogen-bond acceptors (Lipinski definition) is 4. The van der Waals surface area contributed by atoms with E-state index >= 15 is 0 Å². The molecule has 60 valence electrons. The lowest BCUT2D eigenvalue weighted by Crippen LogP contribution is -2.11. The van der Waals surface area contributed by atoms with Crippen LogP contribution in [0.3, 0.4) is 0 Å². The molecule has 5 heteroatoms. The molecule has 0 aliphatic carbocycles. The van der Waals surface area contributed by atoms with Gasteiger partial charge in [-0.3, -0.25) is 0 Å². The van der Waals surface area contributed by atoms with Crippen LogP contribution in [0.4, 0.5) is 0 Å². The van der Waals surface area contributed by atoms with Crippen molar-refractivity contribution in [2.45, 2.75) is 0 Å². The molecule has 0 radical (unpaired) electrons. The molecule has 0 spiro atoms. The van der Waals surface area contributed by atoms with Gasteiger partial charge in [-0.1, -0.05) is 0 Å². The first-order valence-electron chi connectivity index (χ1n) is 2.75. The molecule has 0 aromatic carbocycles. The number of aliphatic hydroxyl groups is 1. The van der Waals surface area contributed by atoms with Crippen LogP contribution in [0.2, 0.25) is 0 Å². The monoisotopic (exact) mass is 150 g/mol. The molecule has 0 heterocycles. The molecule has 10 heavy (non-hydrogen) atoms. The summed E-state index contributed by atoms with van der Waals surface area (Å²) in [6.45, 7) is -0.290. The number of carboxylic acids is 1. The summed E-state index contributed by atoms with van der Waals surface area (Å²) in [5, 5.41) is 16.1. The van der Waals surface area contributed by atoms with Gasteiger partial charge in [0.05, 0.1) is 13.2 Å². The summed E-state index contributed by atoms with van der Waals surface area (Å²) in [7, 11) is 0. The summed E-state index contributed by atoms with van der Waals surface area (Å²) in [6.07, 6.45) is 0. The normalized spacial score (nSPS) is 9.70. The van der Waals surface area contributed by atoms with Crippen molar-refractivity contribution in [3.8, 4) is 0 Å². The molecule has 0 rings (SSSR count). The molecule has 0 saturated carbocycles. The van der Waals surface area contributed by atoms with Crippen LogP contribution in [0.5, 0.6) is 0 Å². The van der Waals surface area contributed by atoms with Crippen LogP contribution in [-0.2, 0) is 14.3 Å². The van der Waals surface area contributed by atoms with E-state index in [2.05, 4.69) is 9.47 Å². The Morgan fingerprint density at radius 3 is 2.40 bits per heavy atom. The summed E-state index contributed by atoms with van der Waals surface area (Å²) in [4.78, 5) is 9.82. The molecule has 0 aliphatic rings. The summed E-state index contributed by atoms with van der Waals surface area (Å²) in [6, 6.07) is 0. The first kappa shape index (κ1) is 9.35. The molecule has 0 aliphatic heterocycles. The number of rotatable bonds is 6.